The van der Waals surface area contributed by atoms with Gasteiger partial charge in [0.05, 0.1) is 0 Å². The van der Waals surface area contributed by atoms with Gasteiger partial charge in [0, 0.05) is 49.0 Å². The van der Waals surface area contributed by atoms with E-state index in [9.17, 15) is 0 Å². The van der Waals surface area contributed by atoms with Crippen LogP contribution in [0.3, 0.4) is 0 Å². The molecule has 0 saturated heterocycles. The van der Waals surface area contributed by atoms with E-state index in [4.69, 9.17) is 19.9 Å². The van der Waals surface area contributed by atoms with Gasteiger partial charge in [-0.15, -0.1) is 0 Å². The molecule has 6 aromatic rings. The lowest BCUT2D eigenvalue weighted by atomic mass is 9.81. The Morgan fingerprint density at radius 3 is 0.745 bits per heavy atom. The Balaban J connectivity index is 1.44. The molecule has 0 spiro atoms. The summed E-state index contributed by atoms with van der Waals surface area (Å²) in [6.45, 7) is 24.6. The number of aromatic nitrogens is 4. The van der Waals surface area contributed by atoms with Crippen molar-refractivity contribution in [3.05, 3.63) is 162 Å². The minimum Gasteiger partial charge on any atom is -0.366 e. The second-order valence-electron chi connectivity index (χ2n) is 14.9. The maximum Gasteiger partial charge on any atom is 0.126 e. The molecule has 6 rings (SSSR count). The Hall–Kier alpha value is -5.76. The zero-order valence-electron chi connectivity index (χ0n) is 34.3. The van der Waals surface area contributed by atoms with Gasteiger partial charge in [0.15, 0.2) is 0 Å². The van der Waals surface area contributed by atoms with Crippen LogP contribution in [0.25, 0.3) is 0 Å². The molecule has 4 N–H and O–H groups in total. The van der Waals surface area contributed by atoms with Gasteiger partial charge in [-0.1, -0.05) is 24.3 Å². The van der Waals surface area contributed by atoms with E-state index in [1.807, 2.05) is 76.2 Å². The molecule has 8 nitrogen and oxygen atoms in total. The number of pyridine rings is 4. The third kappa shape index (κ3) is 9.14. The third-order valence-electron chi connectivity index (χ3n) is 11.1. The normalized spacial score (nSPS) is 11.1. The van der Waals surface area contributed by atoms with Crippen molar-refractivity contribution >= 4 is 23.3 Å². The Morgan fingerprint density at radius 1 is 0.309 bits per heavy atom. The summed E-state index contributed by atoms with van der Waals surface area (Å²) in [4.78, 5) is 19.0. The van der Waals surface area contributed by atoms with Crippen LogP contribution in [0.15, 0.2) is 72.8 Å². The number of benzene rings is 2. The van der Waals surface area contributed by atoms with Crippen molar-refractivity contribution < 1.29 is 0 Å². The van der Waals surface area contributed by atoms with Crippen molar-refractivity contribution in [2.24, 2.45) is 0 Å². The summed E-state index contributed by atoms with van der Waals surface area (Å²) in [6.07, 6.45) is 0.812. The van der Waals surface area contributed by atoms with Crippen LogP contribution in [0.1, 0.15) is 89.5 Å². The monoisotopic (exact) mass is 732 g/mol. The maximum absolute atomic E-state index is 4.75. The molecule has 0 aliphatic rings. The maximum atomic E-state index is 4.75. The zero-order valence-corrected chi connectivity index (χ0v) is 34.3. The van der Waals surface area contributed by atoms with Gasteiger partial charge in [-0.2, -0.15) is 0 Å². The largest absolute Gasteiger partial charge is 0.366 e. The SMILES string of the molecule is Cc1cccc(NCc2c(C)c(CNc3cccc(C)n3)c(C)c(Cc3c(C)c(CNc4cccc(C)n4)c(C)c(CNc4cccc(C)n4)c3C)c2C)n1. The molecule has 0 radical (unpaired) electrons. The fourth-order valence-electron chi connectivity index (χ4n) is 7.83. The van der Waals surface area contributed by atoms with Gasteiger partial charge in [-0.25, -0.2) is 19.9 Å². The highest BCUT2D eigenvalue weighted by molar-refractivity contribution is 5.59. The first-order valence-corrected chi connectivity index (χ1v) is 19.3. The molecule has 55 heavy (non-hydrogen) atoms. The lowest BCUT2D eigenvalue weighted by Gasteiger charge is -2.27. The lowest BCUT2D eigenvalue weighted by Crippen LogP contribution is -2.17. The molecule has 0 bridgehead atoms. The average molecular weight is 733 g/mol. The number of nitrogens with zero attached hydrogens (tertiary/aromatic N) is 4. The second kappa shape index (κ2) is 17.1. The topological polar surface area (TPSA) is 99.7 Å². The molecule has 0 atom stereocenters. The van der Waals surface area contributed by atoms with Gasteiger partial charge in [0.1, 0.15) is 23.3 Å². The van der Waals surface area contributed by atoms with Gasteiger partial charge < -0.3 is 21.3 Å². The van der Waals surface area contributed by atoms with Gasteiger partial charge in [-0.3, -0.25) is 0 Å². The summed E-state index contributed by atoms with van der Waals surface area (Å²) < 4.78 is 0. The summed E-state index contributed by atoms with van der Waals surface area (Å²) in [7, 11) is 0. The molecule has 0 aliphatic carbocycles. The molecule has 284 valence electrons. The number of nitrogens with one attached hydrogen (secondary N) is 4. The first-order valence-electron chi connectivity index (χ1n) is 19.3. The smallest absolute Gasteiger partial charge is 0.126 e. The summed E-state index contributed by atoms with van der Waals surface area (Å²) >= 11 is 0. The molecule has 8 heteroatoms. The first kappa shape index (κ1) is 38.9. The quantitative estimate of drug-likeness (QED) is 0.0879. The van der Waals surface area contributed by atoms with Crippen LogP contribution >= 0.6 is 0 Å². The molecule has 0 amide bonds. The van der Waals surface area contributed by atoms with E-state index in [1.54, 1.807) is 0 Å². The molecule has 0 unspecified atom stereocenters. The van der Waals surface area contributed by atoms with Crippen molar-refractivity contribution in [3.63, 3.8) is 0 Å². The number of hydrogen-bond acceptors (Lipinski definition) is 8. The average Bonchev–Trinajstić information content (AvgIpc) is 3.14. The van der Waals surface area contributed by atoms with Crippen LogP contribution in [-0.2, 0) is 32.6 Å². The number of anilines is 4. The van der Waals surface area contributed by atoms with E-state index in [0.29, 0.717) is 26.2 Å². The Labute approximate surface area is 327 Å². The molecule has 4 aromatic heterocycles. The van der Waals surface area contributed by atoms with E-state index in [2.05, 4.69) is 87.1 Å². The van der Waals surface area contributed by atoms with Crippen molar-refractivity contribution in [2.45, 2.75) is 102 Å². The van der Waals surface area contributed by atoms with Crippen LogP contribution in [0.4, 0.5) is 23.3 Å². The van der Waals surface area contributed by atoms with E-state index in [-0.39, 0.29) is 0 Å². The predicted molar refractivity (Wildman–Crippen MR) is 229 cm³/mol. The lowest BCUT2D eigenvalue weighted by molar-refractivity contribution is 0.941. The first-order chi connectivity index (χ1) is 26.4. The standard InChI is InChI=1S/C47H56N8/c1-28-15-11-19-44(52-28)48-24-40-32(5)38(33(6)41(36(40)9)25-49-45-20-12-16-29(2)53-45)23-39-34(7)42(26-50-46-21-13-17-30(3)54-46)37(10)43(35(39)8)27-51-47-22-14-18-31(4)55-47/h11-22H,23-27H2,1-10H3,(H,48,52)(H,49,53)(H,50,54)(H,51,55). The van der Waals surface area contributed by atoms with E-state index in [0.717, 1.165) is 52.5 Å². The molecule has 2 aromatic carbocycles. The van der Waals surface area contributed by atoms with Crippen LogP contribution < -0.4 is 21.3 Å². The summed E-state index contributed by atoms with van der Waals surface area (Å²) in [5.74, 6) is 3.54. The summed E-state index contributed by atoms with van der Waals surface area (Å²) in [5, 5.41) is 14.6. The summed E-state index contributed by atoms with van der Waals surface area (Å²) in [6, 6.07) is 24.5. The fourth-order valence-corrected chi connectivity index (χ4v) is 7.83. The summed E-state index contributed by atoms with van der Waals surface area (Å²) in [5.41, 5.74) is 19.8. The zero-order chi connectivity index (χ0) is 39.2. The Morgan fingerprint density at radius 2 is 0.527 bits per heavy atom. The van der Waals surface area contributed by atoms with Crippen molar-refractivity contribution in [1.29, 1.82) is 0 Å². The molecule has 0 aliphatic heterocycles. The number of hydrogen-bond donors (Lipinski definition) is 4. The Bertz CT molecular complexity index is 2010. The molecule has 0 fully saturated rings. The fraction of sp³-hybridized carbons (Fsp3) is 0.319. The minimum absolute atomic E-state index is 0.681. The predicted octanol–water partition coefficient (Wildman–Crippen LogP) is 10.4. The van der Waals surface area contributed by atoms with E-state index < -0.39 is 0 Å². The molecular weight excluding hydrogens is 677 g/mol. The van der Waals surface area contributed by atoms with Gasteiger partial charge in [0.25, 0.3) is 0 Å². The van der Waals surface area contributed by atoms with Crippen LogP contribution in [0.5, 0.6) is 0 Å². The van der Waals surface area contributed by atoms with Crippen LogP contribution in [0.2, 0.25) is 0 Å². The van der Waals surface area contributed by atoms with Gasteiger partial charge >= 0.3 is 0 Å². The van der Waals surface area contributed by atoms with Crippen molar-refractivity contribution in [1.82, 2.24) is 19.9 Å². The van der Waals surface area contributed by atoms with Crippen LogP contribution in [-0.4, -0.2) is 19.9 Å². The van der Waals surface area contributed by atoms with E-state index >= 15 is 0 Å². The molecular formula is C47H56N8. The van der Waals surface area contributed by atoms with Crippen molar-refractivity contribution in [3.8, 4) is 0 Å². The van der Waals surface area contributed by atoms with Gasteiger partial charge in [-0.05, 0) is 191 Å². The van der Waals surface area contributed by atoms with Crippen LogP contribution in [0, 0.1) is 69.2 Å². The van der Waals surface area contributed by atoms with Crippen molar-refractivity contribution in [2.75, 3.05) is 21.3 Å². The highest BCUT2D eigenvalue weighted by atomic mass is 15.0. The van der Waals surface area contributed by atoms with Gasteiger partial charge in [0.2, 0.25) is 0 Å². The third-order valence-corrected chi connectivity index (χ3v) is 11.1. The highest BCUT2D eigenvalue weighted by Gasteiger charge is 2.22. The number of aryl methyl sites for hydroxylation is 4. The molecule has 0 saturated carbocycles. The van der Waals surface area contributed by atoms with E-state index in [1.165, 1.54) is 66.8 Å². The second-order valence-corrected chi connectivity index (χ2v) is 14.9. The molecule has 4 heterocycles. The highest BCUT2D eigenvalue weighted by Crippen LogP contribution is 2.35. The number of rotatable bonds is 14. The minimum atomic E-state index is 0.681. The Kier molecular flexibility index (Phi) is 12.1.